The molecule has 0 amide bonds. The molecule has 0 atom stereocenters. The zero-order chi connectivity index (χ0) is 9.84. The molecule has 1 aromatic rings. The van der Waals surface area contributed by atoms with Crippen LogP contribution in [0.4, 0.5) is 0 Å². The third-order valence-electron chi connectivity index (χ3n) is 1.20. The third kappa shape index (κ3) is 3.09. The van der Waals surface area contributed by atoms with E-state index in [1.807, 2.05) is 6.08 Å². The molecule has 0 spiro atoms. The topological polar surface area (TPSA) is 25.8 Å². The fraction of sp³-hybridized carbons (Fsp3) is 0.143. The van der Waals surface area contributed by atoms with Crippen LogP contribution in [0.15, 0.2) is 6.08 Å². The lowest BCUT2D eigenvalue weighted by atomic mass is 10.3. The van der Waals surface area contributed by atoms with Crippen LogP contribution in [0, 0.1) is 0 Å². The molecule has 1 aromatic heterocycles. The van der Waals surface area contributed by atoms with Gasteiger partial charge in [0.15, 0.2) is 0 Å². The molecule has 1 rings (SSSR count). The number of alkyl halides is 1. The van der Waals surface area contributed by atoms with Gasteiger partial charge in [-0.05, 0) is 11.6 Å². The van der Waals surface area contributed by atoms with Crippen molar-refractivity contribution in [2.75, 3.05) is 5.33 Å². The molecule has 0 saturated heterocycles. The smallest absolute Gasteiger partial charge is 0.205 e. The summed E-state index contributed by atoms with van der Waals surface area (Å²) in [6.07, 6.45) is 3.57. The van der Waals surface area contributed by atoms with Crippen LogP contribution in [0.5, 0.6) is 0 Å². The molecule has 0 aromatic carbocycles. The highest BCUT2D eigenvalue weighted by molar-refractivity contribution is 9.09. The van der Waals surface area contributed by atoms with Crippen LogP contribution < -0.4 is 0 Å². The first-order chi connectivity index (χ1) is 6.15. The maximum absolute atomic E-state index is 5.78. The highest BCUT2D eigenvalue weighted by Gasteiger charge is 2.06. The first-order valence-corrected chi connectivity index (χ1v) is 5.51. The second kappa shape index (κ2) is 5.15. The van der Waals surface area contributed by atoms with Crippen molar-refractivity contribution in [3.63, 3.8) is 0 Å². The van der Waals surface area contributed by atoms with Crippen molar-refractivity contribution < 1.29 is 0 Å². The van der Waals surface area contributed by atoms with Gasteiger partial charge in [-0.3, -0.25) is 0 Å². The highest BCUT2D eigenvalue weighted by Crippen LogP contribution is 2.23. The lowest BCUT2D eigenvalue weighted by Gasteiger charge is -1.99. The van der Waals surface area contributed by atoms with Crippen LogP contribution >= 0.6 is 50.7 Å². The normalized spacial score (nSPS) is 11.1. The van der Waals surface area contributed by atoms with E-state index in [4.69, 9.17) is 34.8 Å². The Kier molecular flexibility index (Phi) is 4.46. The Bertz CT molecular complexity index is 318. The second-order valence-electron chi connectivity index (χ2n) is 2.04. The lowest BCUT2D eigenvalue weighted by molar-refractivity contribution is 1.16. The highest BCUT2D eigenvalue weighted by atomic mass is 79.9. The van der Waals surface area contributed by atoms with E-state index < -0.39 is 0 Å². The molecule has 13 heavy (non-hydrogen) atoms. The van der Waals surface area contributed by atoms with Crippen LogP contribution in [0.2, 0.25) is 15.6 Å². The molecule has 0 bridgehead atoms. The predicted molar refractivity (Wildman–Crippen MR) is 59.9 cm³/mol. The fourth-order valence-corrected chi connectivity index (χ4v) is 1.65. The van der Waals surface area contributed by atoms with Crippen molar-refractivity contribution >= 4 is 56.8 Å². The monoisotopic (exact) mass is 300 g/mol. The summed E-state index contributed by atoms with van der Waals surface area (Å²) in [5.74, 6) is 0. The van der Waals surface area contributed by atoms with Crippen LogP contribution in [0.25, 0.3) is 6.08 Å². The Hall–Kier alpha value is 0.170. The Morgan fingerprint density at radius 2 is 1.69 bits per heavy atom. The van der Waals surface area contributed by atoms with Crippen molar-refractivity contribution in [2.24, 2.45) is 0 Å². The van der Waals surface area contributed by atoms with Crippen molar-refractivity contribution in [1.29, 1.82) is 0 Å². The van der Waals surface area contributed by atoms with Gasteiger partial charge < -0.3 is 0 Å². The minimum atomic E-state index is 0.0472. The zero-order valence-corrected chi connectivity index (χ0v) is 10.1. The Labute approximate surface area is 99.1 Å². The van der Waals surface area contributed by atoms with Crippen molar-refractivity contribution in [1.82, 2.24) is 9.97 Å². The van der Waals surface area contributed by atoms with E-state index in [9.17, 15) is 0 Å². The lowest BCUT2D eigenvalue weighted by Crippen LogP contribution is -1.89. The van der Waals surface area contributed by atoms with Crippen LogP contribution in [0.3, 0.4) is 0 Å². The fourth-order valence-electron chi connectivity index (χ4n) is 0.692. The van der Waals surface area contributed by atoms with Gasteiger partial charge in [0.05, 0.1) is 0 Å². The molecule has 70 valence electrons. The molecule has 0 aliphatic heterocycles. The summed E-state index contributed by atoms with van der Waals surface area (Å²) in [6.45, 7) is 0. The maximum atomic E-state index is 5.78. The Balaban J connectivity index is 3.13. The summed E-state index contributed by atoms with van der Waals surface area (Å²) in [7, 11) is 0. The molecule has 0 aliphatic carbocycles. The minimum Gasteiger partial charge on any atom is -0.205 e. The number of allylic oxidation sites excluding steroid dienone is 1. The summed E-state index contributed by atoms with van der Waals surface area (Å²) in [5.41, 5.74) is 0.576. The van der Waals surface area contributed by atoms with Gasteiger partial charge in [0.25, 0.3) is 0 Å². The number of hydrogen-bond acceptors (Lipinski definition) is 2. The van der Waals surface area contributed by atoms with Gasteiger partial charge in [0, 0.05) is 10.9 Å². The van der Waals surface area contributed by atoms with Gasteiger partial charge in [-0.15, -0.1) is 0 Å². The molecule has 0 unspecified atom stereocenters. The summed E-state index contributed by atoms with van der Waals surface area (Å²) in [4.78, 5) is 7.51. The molecule has 2 nitrogen and oxygen atoms in total. The zero-order valence-electron chi connectivity index (χ0n) is 6.27. The van der Waals surface area contributed by atoms with E-state index in [0.29, 0.717) is 10.9 Å². The molecule has 0 N–H and O–H groups in total. The molecular weight excluding hydrogens is 298 g/mol. The SMILES string of the molecule is Clc1nc(Cl)c(C=CCBr)c(Cl)n1. The van der Waals surface area contributed by atoms with Crippen molar-refractivity contribution in [3.8, 4) is 0 Å². The molecule has 1 heterocycles. The molecule has 0 aliphatic rings. The largest absolute Gasteiger partial charge is 0.225 e. The van der Waals surface area contributed by atoms with Crippen LogP contribution in [0.1, 0.15) is 5.56 Å². The Morgan fingerprint density at radius 3 is 2.15 bits per heavy atom. The number of aromatic nitrogens is 2. The van der Waals surface area contributed by atoms with Gasteiger partial charge in [-0.25, -0.2) is 9.97 Å². The predicted octanol–water partition coefficient (Wildman–Crippen LogP) is 3.84. The van der Waals surface area contributed by atoms with Crippen LogP contribution in [-0.4, -0.2) is 15.3 Å². The van der Waals surface area contributed by atoms with Crippen molar-refractivity contribution in [3.05, 3.63) is 27.2 Å². The van der Waals surface area contributed by atoms with E-state index >= 15 is 0 Å². The van der Waals surface area contributed by atoms with Gasteiger partial charge >= 0.3 is 0 Å². The van der Waals surface area contributed by atoms with E-state index in [0.717, 1.165) is 0 Å². The molecule has 0 saturated carbocycles. The Morgan fingerprint density at radius 1 is 1.15 bits per heavy atom. The van der Waals surface area contributed by atoms with Gasteiger partial charge in [-0.2, -0.15) is 0 Å². The number of hydrogen-bond donors (Lipinski definition) is 0. The van der Waals surface area contributed by atoms with E-state index in [1.165, 1.54) is 0 Å². The average molecular weight is 302 g/mol. The second-order valence-corrected chi connectivity index (χ2v) is 3.75. The van der Waals surface area contributed by atoms with E-state index in [1.54, 1.807) is 6.08 Å². The maximum Gasteiger partial charge on any atom is 0.225 e. The molecule has 6 heteroatoms. The van der Waals surface area contributed by atoms with Gasteiger partial charge in [0.2, 0.25) is 5.28 Å². The van der Waals surface area contributed by atoms with Gasteiger partial charge in [0.1, 0.15) is 10.3 Å². The standard InChI is InChI=1S/C7H4BrCl3N2/c8-3-1-2-4-5(9)12-7(11)13-6(4)10/h1-2H,3H2. The van der Waals surface area contributed by atoms with E-state index in [-0.39, 0.29) is 15.6 Å². The summed E-state index contributed by atoms with van der Waals surface area (Å²) in [6, 6.07) is 0. The van der Waals surface area contributed by atoms with E-state index in [2.05, 4.69) is 25.9 Å². The summed E-state index contributed by atoms with van der Waals surface area (Å²) >= 11 is 20.3. The molecular formula is C7H4BrCl3N2. The molecule has 0 fully saturated rings. The summed E-state index contributed by atoms with van der Waals surface area (Å²) in [5, 5.41) is 1.26. The van der Waals surface area contributed by atoms with Crippen molar-refractivity contribution in [2.45, 2.75) is 0 Å². The number of nitrogens with zero attached hydrogens (tertiary/aromatic N) is 2. The molecule has 0 radical (unpaired) electrons. The average Bonchev–Trinajstić information content (AvgIpc) is 2.02. The number of rotatable bonds is 2. The minimum absolute atomic E-state index is 0.0472. The van der Waals surface area contributed by atoms with Crippen LogP contribution in [-0.2, 0) is 0 Å². The third-order valence-corrected chi connectivity index (χ3v) is 2.32. The van der Waals surface area contributed by atoms with Gasteiger partial charge in [-0.1, -0.05) is 51.3 Å². The first kappa shape index (κ1) is 11.2. The number of halogens is 4. The summed E-state index contributed by atoms with van der Waals surface area (Å²) < 4.78 is 0. The first-order valence-electron chi connectivity index (χ1n) is 3.26. The quantitative estimate of drug-likeness (QED) is 0.471.